The Morgan fingerprint density at radius 2 is 2.06 bits per heavy atom. The minimum atomic E-state index is -0.635. The number of nitrogens with two attached hydrogens (primary N) is 1. The van der Waals surface area contributed by atoms with Crippen LogP contribution in [0.3, 0.4) is 0 Å². The van der Waals surface area contributed by atoms with Gasteiger partial charge >= 0.3 is 0 Å². The predicted octanol–water partition coefficient (Wildman–Crippen LogP) is 2.15. The summed E-state index contributed by atoms with van der Waals surface area (Å²) in [5.41, 5.74) is 5.53. The van der Waals surface area contributed by atoms with E-state index < -0.39 is 5.91 Å². The van der Waals surface area contributed by atoms with E-state index in [1.807, 2.05) is 0 Å². The molecule has 92 valence electrons. The smallest absolute Gasteiger partial charge is 0.268 e. The summed E-state index contributed by atoms with van der Waals surface area (Å²) in [4.78, 5) is 26.6. The van der Waals surface area contributed by atoms with Gasteiger partial charge in [0.25, 0.3) is 11.8 Å². The molecular formula is C11H8ClN3O2S. The van der Waals surface area contributed by atoms with Gasteiger partial charge in [0.05, 0.1) is 10.6 Å². The number of carbonyl (C=O) groups excluding carboxylic acids is 2. The van der Waals surface area contributed by atoms with Crippen molar-refractivity contribution in [3.8, 4) is 0 Å². The molecule has 0 fully saturated rings. The fourth-order valence-electron chi connectivity index (χ4n) is 1.25. The fourth-order valence-corrected chi connectivity index (χ4v) is 2.17. The number of aromatic nitrogens is 1. The fraction of sp³-hybridized carbons (Fsp3) is 0. The SMILES string of the molecule is NC(=O)c1csc(NC(=O)c2ccccc2Cl)n1. The van der Waals surface area contributed by atoms with Crippen molar-refractivity contribution >= 4 is 39.9 Å². The molecule has 1 aromatic carbocycles. The van der Waals surface area contributed by atoms with Crippen LogP contribution in [-0.4, -0.2) is 16.8 Å². The highest BCUT2D eigenvalue weighted by Crippen LogP contribution is 2.19. The third-order valence-corrected chi connectivity index (χ3v) is 3.18. The number of hydrogen-bond donors (Lipinski definition) is 2. The van der Waals surface area contributed by atoms with E-state index in [1.54, 1.807) is 24.3 Å². The van der Waals surface area contributed by atoms with Gasteiger partial charge in [-0.05, 0) is 12.1 Å². The quantitative estimate of drug-likeness (QED) is 0.904. The Bertz CT molecular complexity index is 612. The van der Waals surface area contributed by atoms with E-state index in [9.17, 15) is 9.59 Å². The topological polar surface area (TPSA) is 85.1 Å². The molecule has 1 aromatic heterocycles. The van der Waals surface area contributed by atoms with E-state index in [2.05, 4.69) is 10.3 Å². The van der Waals surface area contributed by atoms with Crippen LogP contribution in [0.15, 0.2) is 29.6 Å². The molecule has 0 saturated heterocycles. The molecule has 0 bridgehead atoms. The molecule has 3 N–H and O–H groups in total. The van der Waals surface area contributed by atoms with E-state index in [1.165, 1.54) is 5.38 Å². The van der Waals surface area contributed by atoms with E-state index in [-0.39, 0.29) is 11.6 Å². The zero-order valence-electron chi connectivity index (χ0n) is 9.01. The number of thiazole rings is 1. The lowest BCUT2D eigenvalue weighted by Gasteiger charge is -2.03. The van der Waals surface area contributed by atoms with Crippen LogP contribution in [0.1, 0.15) is 20.8 Å². The highest BCUT2D eigenvalue weighted by atomic mass is 35.5. The Balaban J connectivity index is 2.16. The van der Waals surface area contributed by atoms with Crippen LogP contribution in [0.5, 0.6) is 0 Å². The van der Waals surface area contributed by atoms with Gasteiger partial charge in [-0.15, -0.1) is 11.3 Å². The first kappa shape index (κ1) is 12.5. The van der Waals surface area contributed by atoms with Crippen LogP contribution >= 0.6 is 22.9 Å². The molecule has 0 aliphatic carbocycles. The molecule has 2 rings (SSSR count). The lowest BCUT2D eigenvalue weighted by molar-refractivity contribution is 0.0992. The van der Waals surface area contributed by atoms with Crippen LogP contribution < -0.4 is 11.1 Å². The number of amides is 2. The van der Waals surface area contributed by atoms with Crippen LogP contribution in [0.25, 0.3) is 0 Å². The van der Waals surface area contributed by atoms with Crippen molar-refractivity contribution in [2.24, 2.45) is 5.73 Å². The number of hydrogen-bond acceptors (Lipinski definition) is 4. The monoisotopic (exact) mass is 281 g/mol. The number of halogens is 1. The van der Waals surface area contributed by atoms with Gasteiger partial charge in [-0.25, -0.2) is 4.98 Å². The number of benzene rings is 1. The molecule has 2 amide bonds. The van der Waals surface area contributed by atoms with E-state index in [0.29, 0.717) is 15.7 Å². The second-order valence-electron chi connectivity index (χ2n) is 3.34. The molecule has 0 aliphatic heterocycles. The number of rotatable bonds is 3. The van der Waals surface area contributed by atoms with E-state index in [4.69, 9.17) is 17.3 Å². The normalized spacial score (nSPS) is 10.1. The average molecular weight is 282 g/mol. The maximum absolute atomic E-state index is 11.9. The number of primary amides is 1. The third-order valence-electron chi connectivity index (χ3n) is 2.10. The van der Waals surface area contributed by atoms with Crippen LogP contribution in [0, 0.1) is 0 Å². The summed E-state index contributed by atoms with van der Waals surface area (Å²) < 4.78 is 0. The molecule has 0 unspecified atom stereocenters. The van der Waals surface area contributed by atoms with Crippen molar-refractivity contribution in [2.45, 2.75) is 0 Å². The van der Waals surface area contributed by atoms with Crippen molar-refractivity contribution < 1.29 is 9.59 Å². The molecular weight excluding hydrogens is 274 g/mol. The molecule has 0 atom stereocenters. The third kappa shape index (κ3) is 2.66. The summed E-state index contributed by atoms with van der Waals surface area (Å²) in [5.74, 6) is -1.02. The van der Waals surface area contributed by atoms with Crippen molar-refractivity contribution in [1.29, 1.82) is 0 Å². The van der Waals surface area contributed by atoms with Crippen LogP contribution in [0.4, 0.5) is 5.13 Å². The predicted molar refractivity (Wildman–Crippen MR) is 70.0 cm³/mol. The number of anilines is 1. The summed E-state index contributed by atoms with van der Waals surface area (Å²) in [7, 11) is 0. The Morgan fingerprint density at radius 1 is 1.33 bits per heavy atom. The highest BCUT2D eigenvalue weighted by Gasteiger charge is 2.13. The summed E-state index contributed by atoms with van der Waals surface area (Å²) in [6.07, 6.45) is 0. The molecule has 5 nitrogen and oxygen atoms in total. The Morgan fingerprint density at radius 3 is 2.67 bits per heavy atom. The van der Waals surface area contributed by atoms with Gasteiger partial charge < -0.3 is 5.73 Å². The standard InChI is InChI=1S/C11H8ClN3O2S/c12-7-4-2-1-3-6(7)10(17)15-11-14-8(5-18-11)9(13)16/h1-5H,(H2,13,16)(H,14,15,17). The second kappa shape index (κ2) is 5.16. The molecule has 0 radical (unpaired) electrons. The van der Waals surface area contributed by atoms with Crippen molar-refractivity contribution in [3.05, 3.63) is 45.9 Å². The highest BCUT2D eigenvalue weighted by molar-refractivity contribution is 7.14. The molecule has 18 heavy (non-hydrogen) atoms. The molecule has 0 spiro atoms. The lowest BCUT2D eigenvalue weighted by Crippen LogP contribution is -2.14. The summed E-state index contributed by atoms with van der Waals surface area (Å²) in [6.45, 7) is 0. The molecule has 0 aliphatic rings. The lowest BCUT2D eigenvalue weighted by atomic mass is 10.2. The van der Waals surface area contributed by atoms with Crippen molar-refractivity contribution in [2.75, 3.05) is 5.32 Å². The van der Waals surface area contributed by atoms with Gasteiger partial charge in [-0.1, -0.05) is 23.7 Å². The first-order valence-electron chi connectivity index (χ1n) is 4.89. The van der Waals surface area contributed by atoms with Gasteiger partial charge in [-0.2, -0.15) is 0 Å². The largest absolute Gasteiger partial charge is 0.364 e. The van der Waals surface area contributed by atoms with Gasteiger partial charge in [0, 0.05) is 5.38 Å². The van der Waals surface area contributed by atoms with Crippen LogP contribution in [0.2, 0.25) is 5.02 Å². The first-order chi connectivity index (χ1) is 8.58. The number of nitrogens with one attached hydrogen (secondary N) is 1. The molecule has 7 heteroatoms. The van der Waals surface area contributed by atoms with Crippen molar-refractivity contribution in [3.63, 3.8) is 0 Å². The second-order valence-corrected chi connectivity index (χ2v) is 4.60. The molecule has 0 saturated carbocycles. The number of nitrogens with zero attached hydrogens (tertiary/aromatic N) is 1. The molecule has 1 heterocycles. The minimum absolute atomic E-state index is 0.120. The molecule has 2 aromatic rings. The summed E-state index contributed by atoms with van der Waals surface area (Å²) in [6, 6.07) is 6.65. The Hall–Kier alpha value is -1.92. The zero-order valence-corrected chi connectivity index (χ0v) is 10.6. The first-order valence-corrected chi connectivity index (χ1v) is 6.15. The van der Waals surface area contributed by atoms with Crippen LogP contribution in [-0.2, 0) is 0 Å². The van der Waals surface area contributed by atoms with Gasteiger partial charge in [0.1, 0.15) is 5.69 Å². The zero-order chi connectivity index (χ0) is 13.1. The van der Waals surface area contributed by atoms with E-state index in [0.717, 1.165) is 11.3 Å². The minimum Gasteiger partial charge on any atom is -0.364 e. The van der Waals surface area contributed by atoms with Crippen molar-refractivity contribution in [1.82, 2.24) is 4.98 Å². The van der Waals surface area contributed by atoms with Gasteiger partial charge in [0.2, 0.25) is 0 Å². The van der Waals surface area contributed by atoms with Gasteiger partial charge in [0.15, 0.2) is 5.13 Å². The van der Waals surface area contributed by atoms with E-state index >= 15 is 0 Å². The summed E-state index contributed by atoms with van der Waals surface area (Å²) in [5, 5.41) is 4.68. The Kier molecular flexibility index (Phi) is 3.59. The van der Waals surface area contributed by atoms with Gasteiger partial charge in [-0.3, -0.25) is 14.9 Å². The maximum Gasteiger partial charge on any atom is 0.268 e. The maximum atomic E-state index is 11.9. The summed E-state index contributed by atoms with van der Waals surface area (Å²) >= 11 is 7.01. The Labute approximate surface area is 112 Å². The average Bonchev–Trinajstić information content (AvgIpc) is 2.78. The number of carbonyl (C=O) groups is 2.